The minimum Gasteiger partial charge on any atom is -0.0529 e. The molecule has 3 fully saturated rings. The molecule has 0 heteroatoms. The van der Waals surface area contributed by atoms with Gasteiger partial charge < -0.3 is 0 Å². The molecule has 0 unspecified atom stereocenters. The Bertz CT molecular complexity index is 126. The lowest BCUT2D eigenvalue weighted by Crippen LogP contribution is -2.04. The molecule has 0 aromatic carbocycles. The van der Waals surface area contributed by atoms with Crippen LogP contribution in [-0.2, 0) is 0 Å². The zero-order valence-corrected chi connectivity index (χ0v) is 10.3. The standard InChI is InChI=1S/C15H27/c1-2-8-14-10-4-6-12-15(9-3-1)13-7-5-11-14/h14H,1-13H2/q+1. The third-order valence-corrected chi connectivity index (χ3v) is 4.43. The van der Waals surface area contributed by atoms with Gasteiger partial charge in [0.15, 0.2) is 0 Å². The molecule has 3 aliphatic carbocycles. The molecule has 0 N–H and O–H groups in total. The molecule has 0 spiro atoms. The van der Waals surface area contributed by atoms with E-state index in [-0.39, 0.29) is 0 Å². The van der Waals surface area contributed by atoms with Gasteiger partial charge in [-0.15, -0.1) is 0 Å². The second-order valence-corrected chi connectivity index (χ2v) is 5.71. The smallest absolute Gasteiger partial charge is 0.0529 e. The summed E-state index contributed by atoms with van der Waals surface area (Å²) in [6, 6.07) is 0. The summed E-state index contributed by atoms with van der Waals surface area (Å²) in [6.07, 6.45) is 19.5. The lowest BCUT2D eigenvalue weighted by Gasteiger charge is -2.16. The minimum absolute atomic E-state index is 1.09. The third-order valence-electron chi connectivity index (χ3n) is 4.43. The predicted molar refractivity (Wildman–Crippen MR) is 66.8 cm³/mol. The highest BCUT2D eigenvalue weighted by atomic mass is 14.2. The number of hydrogen-bond donors (Lipinski definition) is 0. The van der Waals surface area contributed by atoms with Crippen molar-refractivity contribution in [2.45, 2.75) is 83.5 Å². The van der Waals surface area contributed by atoms with Gasteiger partial charge >= 0.3 is 0 Å². The second kappa shape index (κ2) is 6.45. The first-order chi connectivity index (χ1) is 7.45. The van der Waals surface area contributed by atoms with Gasteiger partial charge in [-0.3, -0.25) is 0 Å². The first kappa shape index (κ1) is 11.4. The van der Waals surface area contributed by atoms with E-state index in [0.717, 1.165) is 5.92 Å². The van der Waals surface area contributed by atoms with E-state index in [2.05, 4.69) is 0 Å². The highest BCUT2D eigenvalue weighted by molar-refractivity contribution is 4.90. The van der Waals surface area contributed by atoms with Crippen LogP contribution in [0.2, 0.25) is 0 Å². The van der Waals surface area contributed by atoms with Crippen LogP contribution in [0.4, 0.5) is 0 Å². The lowest BCUT2D eigenvalue weighted by molar-refractivity contribution is 0.369. The van der Waals surface area contributed by atoms with Gasteiger partial charge in [-0.05, 0) is 44.4 Å². The van der Waals surface area contributed by atoms with Crippen molar-refractivity contribution in [3.63, 3.8) is 0 Å². The summed E-state index contributed by atoms with van der Waals surface area (Å²) in [7, 11) is 0. The van der Waals surface area contributed by atoms with E-state index in [1.807, 2.05) is 5.92 Å². The number of hydrogen-bond acceptors (Lipinski definition) is 0. The fraction of sp³-hybridized carbons (Fsp3) is 0.933. The van der Waals surface area contributed by atoms with Crippen LogP contribution in [0.1, 0.15) is 83.5 Å². The zero-order valence-electron chi connectivity index (χ0n) is 10.3. The van der Waals surface area contributed by atoms with Crippen LogP contribution >= 0.6 is 0 Å². The van der Waals surface area contributed by atoms with Crippen LogP contribution in [0.5, 0.6) is 0 Å². The van der Waals surface area contributed by atoms with Gasteiger partial charge in [0.1, 0.15) is 0 Å². The Hall–Kier alpha value is -0.130. The van der Waals surface area contributed by atoms with Gasteiger partial charge in [0.25, 0.3) is 0 Å². The van der Waals surface area contributed by atoms with Gasteiger partial charge in [-0.1, -0.05) is 25.7 Å². The molecule has 0 heterocycles. The van der Waals surface area contributed by atoms with Gasteiger partial charge in [-0.25, -0.2) is 0 Å². The summed E-state index contributed by atoms with van der Waals surface area (Å²) < 4.78 is 0. The van der Waals surface area contributed by atoms with Crippen molar-refractivity contribution in [1.82, 2.24) is 0 Å². The van der Waals surface area contributed by atoms with Gasteiger partial charge in [0, 0.05) is 0 Å². The summed E-state index contributed by atoms with van der Waals surface area (Å²) in [4.78, 5) is 0. The lowest BCUT2D eigenvalue weighted by atomic mass is 9.86. The van der Waals surface area contributed by atoms with E-state index >= 15 is 0 Å². The maximum Gasteiger partial charge on any atom is 0.0904 e. The molecule has 0 atom stereocenters. The molecule has 3 aliphatic rings. The first-order valence-corrected chi connectivity index (χ1v) is 7.29. The molecule has 3 saturated carbocycles. The average Bonchev–Trinajstić information content (AvgIpc) is 2.34. The van der Waals surface area contributed by atoms with Crippen LogP contribution in [0.3, 0.4) is 0 Å². The molecule has 15 heavy (non-hydrogen) atoms. The Morgan fingerprint density at radius 1 is 0.533 bits per heavy atom. The summed E-state index contributed by atoms with van der Waals surface area (Å²) >= 11 is 0. The van der Waals surface area contributed by atoms with Crippen LogP contribution < -0.4 is 0 Å². The van der Waals surface area contributed by atoms with Crippen molar-refractivity contribution < 1.29 is 0 Å². The molecule has 0 radical (unpaired) electrons. The molecule has 0 aromatic rings. The predicted octanol–water partition coefficient (Wildman–Crippen LogP) is 5.28. The molecule has 3 rings (SSSR count). The molecule has 0 saturated heterocycles. The highest BCUT2D eigenvalue weighted by Crippen LogP contribution is 2.32. The number of rotatable bonds is 0. The Labute approximate surface area is 95.8 Å². The van der Waals surface area contributed by atoms with E-state index in [9.17, 15) is 0 Å². The van der Waals surface area contributed by atoms with E-state index in [4.69, 9.17) is 0 Å². The molecule has 2 bridgehead atoms. The van der Waals surface area contributed by atoms with Crippen molar-refractivity contribution in [2.24, 2.45) is 5.92 Å². The van der Waals surface area contributed by atoms with Crippen LogP contribution in [0.25, 0.3) is 0 Å². The summed E-state index contributed by atoms with van der Waals surface area (Å²) in [6.45, 7) is 0. The quantitative estimate of drug-likeness (QED) is 0.474. The van der Waals surface area contributed by atoms with Crippen molar-refractivity contribution in [3.05, 3.63) is 5.92 Å². The van der Waals surface area contributed by atoms with Crippen molar-refractivity contribution >= 4 is 0 Å². The van der Waals surface area contributed by atoms with E-state index in [1.54, 1.807) is 0 Å². The van der Waals surface area contributed by atoms with Crippen molar-refractivity contribution in [2.75, 3.05) is 0 Å². The molecule has 0 nitrogen and oxygen atoms in total. The van der Waals surface area contributed by atoms with Crippen LogP contribution in [-0.4, -0.2) is 0 Å². The SMILES string of the molecule is C1CC[C+]2CCCCC(CC1)CCCC2. The van der Waals surface area contributed by atoms with Crippen molar-refractivity contribution in [3.8, 4) is 0 Å². The van der Waals surface area contributed by atoms with E-state index < -0.39 is 0 Å². The molecule has 0 aromatic heterocycles. The summed E-state index contributed by atoms with van der Waals surface area (Å²) in [5.41, 5.74) is 0. The monoisotopic (exact) mass is 207 g/mol. The van der Waals surface area contributed by atoms with Crippen LogP contribution in [0.15, 0.2) is 0 Å². The summed E-state index contributed by atoms with van der Waals surface area (Å²) in [5.74, 6) is 3.00. The van der Waals surface area contributed by atoms with E-state index in [1.165, 1.54) is 83.5 Å². The molecular formula is C15H27+. The van der Waals surface area contributed by atoms with E-state index in [0.29, 0.717) is 0 Å². The number of fused-ring (bicyclic) bond motifs is 10. The zero-order chi connectivity index (χ0) is 10.3. The van der Waals surface area contributed by atoms with Gasteiger partial charge in [-0.2, -0.15) is 0 Å². The minimum atomic E-state index is 1.09. The largest absolute Gasteiger partial charge is 0.0904 e. The normalized spacial score (nSPS) is 26.8. The molecular weight excluding hydrogens is 180 g/mol. The Kier molecular flexibility index (Phi) is 4.89. The molecule has 86 valence electrons. The maximum atomic E-state index is 1.91. The molecule has 0 amide bonds. The topological polar surface area (TPSA) is 0 Å². The first-order valence-electron chi connectivity index (χ1n) is 7.29. The summed E-state index contributed by atoms with van der Waals surface area (Å²) in [5, 5.41) is 0. The Morgan fingerprint density at radius 3 is 1.60 bits per heavy atom. The fourth-order valence-electron chi connectivity index (χ4n) is 3.41. The molecule has 0 aliphatic heterocycles. The third kappa shape index (κ3) is 4.09. The fourth-order valence-corrected chi connectivity index (χ4v) is 3.41. The van der Waals surface area contributed by atoms with Gasteiger partial charge in [0.2, 0.25) is 0 Å². The van der Waals surface area contributed by atoms with Crippen molar-refractivity contribution in [1.29, 1.82) is 0 Å². The Morgan fingerprint density at radius 2 is 1.00 bits per heavy atom. The van der Waals surface area contributed by atoms with Gasteiger partial charge in [0.05, 0.1) is 25.2 Å². The van der Waals surface area contributed by atoms with Crippen LogP contribution in [0, 0.1) is 11.8 Å². The average molecular weight is 207 g/mol. The Balaban J connectivity index is 1.93. The highest BCUT2D eigenvalue weighted by Gasteiger charge is 2.22. The second-order valence-electron chi connectivity index (χ2n) is 5.71. The maximum absolute atomic E-state index is 1.91.